The highest BCUT2D eigenvalue weighted by molar-refractivity contribution is 4.63. The van der Waals surface area contributed by atoms with Crippen LogP contribution >= 0.6 is 0 Å². The zero-order chi connectivity index (χ0) is 14.7. The van der Waals surface area contributed by atoms with Crippen LogP contribution in [0.4, 0.5) is 0 Å². The van der Waals surface area contributed by atoms with Gasteiger partial charge in [-0.05, 0) is 44.9 Å². The fourth-order valence-corrected chi connectivity index (χ4v) is 1.54. The number of unbranched alkanes of at least 4 members (excludes halogenated alkanes) is 3. The van der Waals surface area contributed by atoms with Gasteiger partial charge >= 0.3 is 0 Å². The molecule has 0 atom stereocenters. The average Bonchev–Trinajstić information content (AvgIpc) is 2.47. The molecule has 0 aliphatic heterocycles. The Morgan fingerprint density at radius 3 is 1.65 bits per heavy atom. The smallest absolute Gasteiger partial charge is 0.0488 e. The Kier molecular flexibility index (Phi) is 18.6. The fourth-order valence-electron chi connectivity index (χ4n) is 1.54. The van der Waals surface area contributed by atoms with Crippen molar-refractivity contribution in [3.63, 3.8) is 0 Å². The Morgan fingerprint density at radius 2 is 1.05 bits per heavy atom. The third-order valence-corrected chi connectivity index (χ3v) is 2.63. The quantitative estimate of drug-likeness (QED) is 0.398. The summed E-state index contributed by atoms with van der Waals surface area (Å²) in [7, 11) is 0. The lowest BCUT2D eigenvalue weighted by Crippen LogP contribution is -2.04. The molecule has 20 heavy (non-hydrogen) atoms. The lowest BCUT2D eigenvalue weighted by atomic mass is 10.2. The molecule has 5 nitrogen and oxygen atoms in total. The number of aliphatic hydroxyl groups excluding tert-OH is 2. The molecule has 121 valence electrons. The van der Waals surface area contributed by atoms with Crippen molar-refractivity contribution < 1.29 is 24.4 Å². The van der Waals surface area contributed by atoms with E-state index in [1.165, 1.54) is 0 Å². The van der Waals surface area contributed by atoms with E-state index in [0.717, 1.165) is 51.9 Å². The fraction of sp³-hybridized carbons (Fsp3) is 0.933. The molecule has 0 bridgehead atoms. The summed E-state index contributed by atoms with van der Waals surface area (Å²) in [5.74, 6) is 0. The highest BCUT2D eigenvalue weighted by Gasteiger charge is 1.94. The van der Waals surface area contributed by atoms with Crippen LogP contribution in [-0.4, -0.2) is 63.1 Å². The minimum absolute atomic E-state index is 0.194. The predicted octanol–water partition coefficient (Wildman–Crippen LogP) is 1.57. The summed E-state index contributed by atoms with van der Waals surface area (Å²) >= 11 is 0. The normalized spacial score (nSPS) is 11.1. The maximum Gasteiger partial charge on any atom is 0.0488 e. The summed E-state index contributed by atoms with van der Waals surface area (Å²) in [5.41, 5.74) is 0. The summed E-state index contributed by atoms with van der Waals surface area (Å²) in [6.07, 6.45) is 7.62. The highest BCUT2D eigenvalue weighted by Crippen LogP contribution is 2.00. The molecule has 0 aromatic carbocycles. The van der Waals surface area contributed by atoms with Gasteiger partial charge in [-0.15, -0.1) is 0 Å². The average molecular weight is 291 g/mol. The minimum Gasteiger partial charge on any atom is -0.396 e. The topological polar surface area (TPSA) is 68.2 Å². The molecule has 2 N–H and O–H groups in total. The molecule has 0 unspecified atom stereocenters. The van der Waals surface area contributed by atoms with E-state index in [1.807, 2.05) is 0 Å². The van der Waals surface area contributed by atoms with Crippen LogP contribution in [0.3, 0.4) is 0 Å². The Hall–Kier alpha value is -0.200. The standard InChI is InChI=1S/C15H31O5/c16-8-5-12-18-10-3-1-2-4-11-19-14-7-15-20-13-6-9-17/h1,16-17H,2-15H2. The van der Waals surface area contributed by atoms with E-state index in [-0.39, 0.29) is 13.2 Å². The lowest BCUT2D eigenvalue weighted by molar-refractivity contribution is 0.0752. The van der Waals surface area contributed by atoms with Gasteiger partial charge in [-0.1, -0.05) is 0 Å². The van der Waals surface area contributed by atoms with Crippen molar-refractivity contribution >= 4 is 0 Å². The molecule has 0 rings (SSSR count). The van der Waals surface area contributed by atoms with Crippen LogP contribution in [0.25, 0.3) is 0 Å². The molecular formula is C15H31O5. The molecule has 0 saturated heterocycles. The summed E-state index contributed by atoms with van der Waals surface area (Å²) in [6.45, 7) is 4.65. The highest BCUT2D eigenvalue weighted by atomic mass is 16.5. The van der Waals surface area contributed by atoms with Crippen LogP contribution in [0.2, 0.25) is 0 Å². The van der Waals surface area contributed by atoms with E-state index >= 15 is 0 Å². The van der Waals surface area contributed by atoms with Crippen molar-refractivity contribution in [2.24, 2.45) is 0 Å². The summed E-state index contributed by atoms with van der Waals surface area (Å²) in [6, 6.07) is 0. The van der Waals surface area contributed by atoms with Crippen LogP contribution in [0.1, 0.15) is 38.5 Å². The SMILES string of the molecule is OCCCOCC[CH]CCCOCCCOCCCO. The molecule has 0 aliphatic carbocycles. The number of ether oxygens (including phenoxy) is 3. The van der Waals surface area contributed by atoms with Crippen molar-refractivity contribution in [3.05, 3.63) is 6.42 Å². The second-order valence-corrected chi connectivity index (χ2v) is 4.56. The molecule has 0 aliphatic rings. The number of rotatable bonds is 17. The van der Waals surface area contributed by atoms with Crippen molar-refractivity contribution in [1.82, 2.24) is 0 Å². The summed E-state index contributed by atoms with van der Waals surface area (Å²) < 4.78 is 16.1. The number of aliphatic hydroxyl groups is 2. The molecule has 0 aromatic heterocycles. The van der Waals surface area contributed by atoms with E-state index in [1.54, 1.807) is 0 Å². The van der Waals surface area contributed by atoms with Crippen molar-refractivity contribution in [2.45, 2.75) is 38.5 Å². The van der Waals surface area contributed by atoms with Crippen LogP contribution in [-0.2, 0) is 14.2 Å². The van der Waals surface area contributed by atoms with Crippen molar-refractivity contribution in [2.75, 3.05) is 52.9 Å². The van der Waals surface area contributed by atoms with Gasteiger partial charge in [0, 0.05) is 52.9 Å². The molecule has 0 aromatic rings. The lowest BCUT2D eigenvalue weighted by Gasteiger charge is -2.05. The number of hydrogen-bond acceptors (Lipinski definition) is 5. The van der Waals surface area contributed by atoms with E-state index in [4.69, 9.17) is 24.4 Å². The molecule has 0 spiro atoms. The van der Waals surface area contributed by atoms with Gasteiger partial charge in [0.15, 0.2) is 0 Å². The van der Waals surface area contributed by atoms with E-state index in [0.29, 0.717) is 26.2 Å². The molecule has 5 heteroatoms. The van der Waals surface area contributed by atoms with Gasteiger partial charge in [0.25, 0.3) is 0 Å². The van der Waals surface area contributed by atoms with Gasteiger partial charge in [-0.3, -0.25) is 0 Å². The van der Waals surface area contributed by atoms with Gasteiger partial charge < -0.3 is 24.4 Å². The third kappa shape index (κ3) is 17.8. The van der Waals surface area contributed by atoms with Crippen LogP contribution in [0.5, 0.6) is 0 Å². The monoisotopic (exact) mass is 291 g/mol. The van der Waals surface area contributed by atoms with E-state index < -0.39 is 0 Å². The molecule has 1 radical (unpaired) electrons. The molecule has 0 heterocycles. The predicted molar refractivity (Wildman–Crippen MR) is 78.6 cm³/mol. The molecular weight excluding hydrogens is 260 g/mol. The third-order valence-electron chi connectivity index (χ3n) is 2.63. The zero-order valence-electron chi connectivity index (χ0n) is 12.6. The Morgan fingerprint density at radius 1 is 0.550 bits per heavy atom. The molecule has 0 amide bonds. The minimum atomic E-state index is 0.194. The van der Waals surface area contributed by atoms with Crippen molar-refractivity contribution in [1.29, 1.82) is 0 Å². The maximum absolute atomic E-state index is 8.56. The van der Waals surface area contributed by atoms with Gasteiger partial charge in [-0.2, -0.15) is 0 Å². The first kappa shape index (κ1) is 19.8. The van der Waals surface area contributed by atoms with Crippen LogP contribution in [0, 0.1) is 6.42 Å². The first-order chi connectivity index (χ1) is 9.91. The number of hydrogen-bond donors (Lipinski definition) is 2. The summed E-state index contributed by atoms with van der Waals surface area (Å²) in [4.78, 5) is 0. The van der Waals surface area contributed by atoms with Crippen LogP contribution in [0.15, 0.2) is 0 Å². The van der Waals surface area contributed by atoms with E-state index in [9.17, 15) is 0 Å². The van der Waals surface area contributed by atoms with Gasteiger partial charge in [-0.25, -0.2) is 0 Å². The van der Waals surface area contributed by atoms with Gasteiger partial charge in [0.2, 0.25) is 0 Å². The van der Waals surface area contributed by atoms with E-state index in [2.05, 4.69) is 6.42 Å². The molecule has 0 fully saturated rings. The second-order valence-electron chi connectivity index (χ2n) is 4.56. The first-order valence-electron chi connectivity index (χ1n) is 7.68. The second kappa shape index (κ2) is 18.8. The Balaban J connectivity index is 2.89. The first-order valence-corrected chi connectivity index (χ1v) is 7.68. The van der Waals surface area contributed by atoms with Gasteiger partial charge in [0.05, 0.1) is 0 Å². The Bertz CT molecular complexity index is 148. The molecule has 0 saturated carbocycles. The zero-order valence-corrected chi connectivity index (χ0v) is 12.6. The maximum atomic E-state index is 8.56. The van der Waals surface area contributed by atoms with Gasteiger partial charge in [0.1, 0.15) is 0 Å². The summed E-state index contributed by atoms with van der Waals surface area (Å²) in [5, 5.41) is 17.1. The van der Waals surface area contributed by atoms with Crippen molar-refractivity contribution in [3.8, 4) is 0 Å². The largest absolute Gasteiger partial charge is 0.396 e. The van der Waals surface area contributed by atoms with Crippen LogP contribution < -0.4 is 0 Å². The Labute approximate surface area is 123 Å².